The molecule has 0 amide bonds. The first-order valence-electron chi connectivity index (χ1n) is 6.87. The zero-order chi connectivity index (χ0) is 16.6. The molecule has 23 heavy (non-hydrogen) atoms. The summed E-state index contributed by atoms with van der Waals surface area (Å²) < 4.78 is 10.6. The molecule has 5 heteroatoms. The fourth-order valence-electron chi connectivity index (χ4n) is 2.83. The van der Waals surface area contributed by atoms with Gasteiger partial charge in [-0.2, -0.15) is 0 Å². The van der Waals surface area contributed by atoms with E-state index in [2.05, 4.69) is 4.85 Å². The summed E-state index contributed by atoms with van der Waals surface area (Å²) in [6.07, 6.45) is 0.0885. The second-order valence-electron chi connectivity index (χ2n) is 5.10. The molecule has 0 bridgehead atoms. The van der Waals surface area contributed by atoms with Gasteiger partial charge in [0, 0.05) is 12.0 Å². The number of rotatable bonds is 2. The molecule has 0 saturated heterocycles. The summed E-state index contributed by atoms with van der Waals surface area (Å²) in [5.41, 5.74) is 1.66. The van der Waals surface area contributed by atoms with Crippen LogP contribution in [0.1, 0.15) is 22.3 Å². The lowest BCUT2D eigenvalue weighted by molar-refractivity contribution is 0.100. The van der Waals surface area contributed by atoms with Crippen LogP contribution >= 0.6 is 0 Å². The van der Waals surface area contributed by atoms with E-state index in [0.29, 0.717) is 28.2 Å². The highest BCUT2D eigenvalue weighted by molar-refractivity contribution is 6.15. The number of carbonyl (C=O) groups is 1. The number of allylic oxidation sites excluding steroid dienone is 2. The Hall–Kier alpha value is -3.31. The van der Waals surface area contributed by atoms with E-state index in [9.17, 15) is 4.79 Å². The summed E-state index contributed by atoms with van der Waals surface area (Å²) in [5, 5.41) is 10.8. The van der Waals surface area contributed by atoms with Gasteiger partial charge in [0.2, 0.25) is 0 Å². The van der Waals surface area contributed by atoms with E-state index in [0.717, 1.165) is 10.8 Å². The highest BCUT2D eigenvalue weighted by Crippen LogP contribution is 2.40. The highest BCUT2D eigenvalue weighted by atomic mass is 16.5. The SMILES string of the molecule is [C-]#[N+]/C(C#N)=C1/CC(=O)c2cc3cc(OC)c(OC)cc3cc21. The summed E-state index contributed by atoms with van der Waals surface area (Å²) in [5.74, 6) is 1.09. The van der Waals surface area contributed by atoms with Crippen molar-refractivity contribution in [2.45, 2.75) is 6.42 Å². The van der Waals surface area contributed by atoms with Crippen LogP contribution in [-0.2, 0) is 0 Å². The Morgan fingerprint density at radius 2 is 1.70 bits per heavy atom. The molecule has 112 valence electrons. The zero-order valence-electron chi connectivity index (χ0n) is 12.6. The van der Waals surface area contributed by atoms with Gasteiger partial charge in [-0.1, -0.05) is 0 Å². The number of hydrogen-bond donors (Lipinski definition) is 0. The number of fused-ring (bicyclic) bond motifs is 2. The van der Waals surface area contributed by atoms with E-state index >= 15 is 0 Å². The first-order valence-corrected chi connectivity index (χ1v) is 6.87. The van der Waals surface area contributed by atoms with Crippen molar-refractivity contribution in [3.8, 4) is 17.6 Å². The molecule has 0 radical (unpaired) electrons. The van der Waals surface area contributed by atoms with Crippen molar-refractivity contribution in [1.29, 1.82) is 5.26 Å². The van der Waals surface area contributed by atoms with Crippen LogP contribution in [0, 0.1) is 17.9 Å². The van der Waals surface area contributed by atoms with Gasteiger partial charge in [-0.3, -0.25) is 4.79 Å². The van der Waals surface area contributed by atoms with Crippen LogP contribution in [-0.4, -0.2) is 20.0 Å². The van der Waals surface area contributed by atoms with Crippen LogP contribution in [0.5, 0.6) is 11.5 Å². The Kier molecular flexibility index (Phi) is 3.48. The Labute approximate surface area is 133 Å². The van der Waals surface area contributed by atoms with Gasteiger partial charge in [-0.05, 0) is 46.2 Å². The van der Waals surface area contributed by atoms with Gasteiger partial charge < -0.3 is 9.47 Å². The molecule has 2 aromatic rings. The second-order valence-corrected chi connectivity index (χ2v) is 5.10. The zero-order valence-corrected chi connectivity index (χ0v) is 12.6. The van der Waals surface area contributed by atoms with Crippen molar-refractivity contribution in [1.82, 2.24) is 0 Å². The molecule has 0 spiro atoms. The number of benzene rings is 2. The topological polar surface area (TPSA) is 63.7 Å². The molecule has 0 aromatic heterocycles. The molecule has 0 N–H and O–H groups in total. The van der Waals surface area contributed by atoms with Gasteiger partial charge in [-0.25, -0.2) is 10.1 Å². The molecule has 0 heterocycles. The number of ketones is 1. The summed E-state index contributed by atoms with van der Waals surface area (Å²) in [6.45, 7) is 7.11. The number of Topliss-reactive ketones (excluding diaryl/α,β-unsaturated/α-hetero) is 1. The van der Waals surface area contributed by atoms with E-state index in [1.54, 1.807) is 20.3 Å². The second kappa shape index (κ2) is 5.47. The quantitative estimate of drug-likeness (QED) is 0.628. The fourth-order valence-corrected chi connectivity index (χ4v) is 2.83. The van der Waals surface area contributed by atoms with Crippen LogP contribution in [0.2, 0.25) is 0 Å². The van der Waals surface area contributed by atoms with Gasteiger partial charge in [0.15, 0.2) is 17.3 Å². The van der Waals surface area contributed by atoms with E-state index < -0.39 is 0 Å². The summed E-state index contributed by atoms with van der Waals surface area (Å²) in [4.78, 5) is 15.5. The van der Waals surface area contributed by atoms with E-state index in [4.69, 9.17) is 21.3 Å². The highest BCUT2D eigenvalue weighted by Gasteiger charge is 2.27. The molecule has 1 aliphatic carbocycles. The summed E-state index contributed by atoms with van der Waals surface area (Å²) in [7, 11) is 3.11. The van der Waals surface area contributed by atoms with E-state index in [-0.39, 0.29) is 17.9 Å². The third kappa shape index (κ3) is 2.20. The van der Waals surface area contributed by atoms with E-state index in [1.807, 2.05) is 24.3 Å². The summed E-state index contributed by atoms with van der Waals surface area (Å²) in [6, 6.07) is 9.11. The van der Waals surface area contributed by atoms with Crippen molar-refractivity contribution >= 4 is 22.1 Å². The molecule has 0 fully saturated rings. The molecule has 0 unspecified atom stereocenters. The van der Waals surface area contributed by atoms with Crippen molar-refractivity contribution in [2.75, 3.05) is 14.2 Å². The first kappa shape index (κ1) is 14.6. The lowest BCUT2D eigenvalue weighted by Crippen LogP contribution is -1.93. The molecule has 3 rings (SSSR count). The Morgan fingerprint density at radius 3 is 2.17 bits per heavy atom. The minimum Gasteiger partial charge on any atom is -0.493 e. The number of nitriles is 1. The minimum absolute atomic E-state index is 0.0306. The lowest BCUT2D eigenvalue weighted by atomic mass is 9.99. The van der Waals surface area contributed by atoms with Gasteiger partial charge >= 0.3 is 0 Å². The predicted molar refractivity (Wildman–Crippen MR) is 85.1 cm³/mol. The third-order valence-electron chi connectivity index (χ3n) is 3.95. The van der Waals surface area contributed by atoms with Crippen LogP contribution in [0.15, 0.2) is 30.0 Å². The number of nitrogens with zero attached hydrogens (tertiary/aromatic N) is 2. The average Bonchev–Trinajstić information content (AvgIpc) is 2.89. The predicted octanol–water partition coefficient (Wildman–Crippen LogP) is 3.60. The Bertz CT molecular complexity index is 943. The van der Waals surface area contributed by atoms with Gasteiger partial charge in [0.25, 0.3) is 5.70 Å². The number of hydrogen-bond acceptors (Lipinski definition) is 4. The molecular weight excluding hydrogens is 292 g/mol. The molecule has 2 aromatic carbocycles. The van der Waals surface area contributed by atoms with Gasteiger partial charge in [-0.15, -0.1) is 0 Å². The van der Waals surface area contributed by atoms with Crippen LogP contribution in [0.3, 0.4) is 0 Å². The van der Waals surface area contributed by atoms with Crippen molar-refractivity contribution in [3.05, 3.63) is 52.5 Å². The third-order valence-corrected chi connectivity index (χ3v) is 3.95. The largest absolute Gasteiger partial charge is 0.493 e. The molecule has 1 aliphatic rings. The first-order chi connectivity index (χ1) is 11.1. The fraction of sp³-hybridized carbons (Fsp3) is 0.167. The number of ether oxygens (including phenoxy) is 2. The monoisotopic (exact) mass is 304 g/mol. The standard InChI is InChI=1S/C18H12N2O3/c1-20-15(9-19)13-8-16(21)14-5-11-7-18(23-3)17(22-2)6-10(11)4-12(13)14/h4-7H,8H2,2-3H3/b15-13-. The van der Waals surface area contributed by atoms with Crippen molar-refractivity contribution in [3.63, 3.8) is 0 Å². The van der Waals surface area contributed by atoms with Crippen LogP contribution < -0.4 is 9.47 Å². The lowest BCUT2D eigenvalue weighted by Gasteiger charge is -2.10. The molecule has 0 aliphatic heterocycles. The normalized spacial score (nSPS) is 14.9. The minimum atomic E-state index is -0.0805. The van der Waals surface area contributed by atoms with Crippen molar-refractivity contribution < 1.29 is 14.3 Å². The maximum atomic E-state index is 12.2. The number of carbonyl (C=O) groups excluding carboxylic acids is 1. The number of methoxy groups -OCH3 is 2. The maximum Gasteiger partial charge on any atom is 0.266 e. The molecular formula is C18H12N2O3. The molecule has 0 saturated carbocycles. The summed E-state index contributed by atoms with van der Waals surface area (Å²) >= 11 is 0. The van der Waals surface area contributed by atoms with Crippen molar-refractivity contribution in [2.24, 2.45) is 0 Å². The van der Waals surface area contributed by atoms with Gasteiger partial charge in [0.1, 0.15) is 0 Å². The Balaban J connectivity index is 2.33. The molecule has 0 atom stereocenters. The van der Waals surface area contributed by atoms with Crippen LogP contribution in [0.4, 0.5) is 0 Å². The van der Waals surface area contributed by atoms with Crippen LogP contribution in [0.25, 0.3) is 21.2 Å². The smallest absolute Gasteiger partial charge is 0.266 e. The molecule has 5 nitrogen and oxygen atoms in total. The Morgan fingerprint density at radius 1 is 1.13 bits per heavy atom. The average molecular weight is 304 g/mol. The van der Waals surface area contributed by atoms with E-state index in [1.165, 1.54) is 0 Å². The maximum absolute atomic E-state index is 12.2. The van der Waals surface area contributed by atoms with Gasteiger partial charge in [0.05, 0.1) is 26.9 Å².